The van der Waals surface area contributed by atoms with E-state index in [4.69, 9.17) is 4.74 Å². The minimum atomic E-state index is -0.812. The van der Waals surface area contributed by atoms with Crippen molar-refractivity contribution in [2.24, 2.45) is 5.92 Å². The molecule has 0 N–H and O–H groups in total. The summed E-state index contributed by atoms with van der Waals surface area (Å²) in [5, 5.41) is 2.88. The van der Waals surface area contributed by atoms with Crippen molar-refractivity contribution < 1.29 is 9.53 Å². The third-order valence-corrected chi connectivity index (χ3v) is 8.70. The average molecular weight is 444 g/mol. The fourth-order valence-electron chi connectivity index (χ4n) is 3.99. The second kappa shape index (κ2) is 12.4. The van der Waals surface area contributed by atoms with Gasteiger partial charge in [0.25, 0.3) is 0 Å². The lowest BCUT2D eigenvalue weighted by atomic mass is 9.97. The number of ether oxygens (including phenoxy) is 1. The molecule has 0 unspecified atom stereocenters. The van der Waals surface area contributed by atoms with Gasteiger partial charge in [0.1, 0.15) is 8.80 Å². The van der Waals surface area contributed by atoms with Crippen molar-refractivity contribution in [2.75, 3.05) is 6.61 Å². The molecule has 0 aliphatic rings. The van der Waals surface area contributed by atoms with E-state index in [1.807, 2.05) is 6.92 Å². The maximum atomic E-state index is 12.5. The first-order valence-corrected chi connectivity index (χ1v) is 13.5. The lowest BCUT2D eigenvalue weighted by Crippen LogP contribution is -2.41. The van der Waals surface area contributed by atoms with Crippen LogP contribution in [0.25, 0.3) is 0 Å². The summed E-state index contributed by atoms with van der Waals surface area (Å²) < 4.78 is 5.62. The van der Waals surface area contributed by atoms with E-state index in [2.05, 4.69) is 98.8 Å². The zero-order valence-electron chi connectivity index (χ0n) is 19.6. The number of hydrogen-bond donors (Lipinski definition) is 0. The molecule has 32 heavy (non-hydrogen) atoms. The minimum absolute atomic E-state index is 0.127. The van der Waals surface area contributed by atoms with Crippen LogP contribution < -0.4 is 10.4 Å². The Kier molecular flexibility index (Phi) is 9.30. The highest BCUT2D eigenvalue weighted by molar-refractivity contribution is 6.85. The summed E-state index contributed by atoms with van der Waals surface area (Å²) in [5.41, 5.74) is 2.35. The van der Waals surface area contributed by atoms with Crippen molar-refractivity contribution >= 4 is 25.1 Å². The summed E-state index contributed by atoms with van der Waals surface area (Å²) in [6, 6.07) is 31.2. The van der Waals surface area contributed by atoms with Gasteiger partial charge in [0.2, 0.25) is 0 Å². The molecule has 3 rings (SSSR count). The molecule has 0 aliphatic heterocycles. The molecule has 0 saturated heterocycles. The summed E-state index contributed by atoms with van der Waals surface area (Å²) in [6.07, 6.45) is 3.03. The van der Waals surface area contributed by atoms with E-state index >= 15 is 0 Å². The van der Waals surface area contributed by atoms with Gasteiger partial charge in [-0.15, -0.1) is 0 Å². The second-order valence-corrected chi connectivity index (χ2v) is 11.5. The van der Waals surface area contributed by atoms with Crippen LogP contribution in [0.5, 0.6) is 0 Å². The van der Waals surface area contributed by atoms with E-state index in [-0.39, 0.29) is 11.9 Å². The first kappa shape index (κ1) is 24.0. The molecule has 0 aliphatic carbocycles. The Bertz CT molecular complexity index is 896. The molecule has 0 bridgehead atoms. The predicted octanol–water partition coefficient (Wildman–Crippen LogP) is 5.62. The summed E-state index contributed by atoms with van der Waals surface area (Å²) in [4.78, 5) is 12.5. The zero-order valence-corrected chi connectivity index (χ0v) is 20.6. The van der Waals surface area contributed by atoms with Crippen molar-refractivity contribution in [1.29, 1.82) is 0 Å². The van der Waals surface area contributed by atoms with Gasteiger partial charge in [0.15, 0.2) is 0 Å². The first-order valence-electron chi connectivity index (χ1n) is 11.8. The Morgan fingerprint density at radius 3 is 1.88 bits per heavy atom. The molecular formula is C29H35O2Si. The second-order valence-electron chi connectivity index (χ2n) is 8.90. The van der Waals surface area contributed by atoms with E-state index in [1.165, 1.54) is 15.9 Å². The van der Waals surface area contributed by atoms with Gasteiger partial charge in [-0.2, -0.15) is 0 Å². The Balaban J connectivity index is 1.47. The van der Waals surface area contributed by atoms with Crippen molar-refractivity contribution in [3.8, 4) is 0 Å². The molecule has 0 spiro atoms. The Morgan fingerprint density at radius 1 is 0.781 bits per heavy atom. The standard InChI is InChI=1S/C29H35O2Si/c1-23(2)22-25-16-18-26(19-17-25)24(3)29(30)31-20-10-11-21-32(27-12-6-4-7-13-27)28-14-8-5-9-15-28/h4-9,12-19,23-24H,10-11,20-22H2,1-3H3/t24-/m1/s1. The number of benzene rings is 3. The normalized spacial score (nSPS) is 12.2. The molecular weight excluding hydrogens is 408 g/mol. The van der Waals surface area contributed by atoms with Crippen LogP contribution >= 0.6 is 0 Å². The molecule has 3 aromatic carbocycles. The summed E-state index contributed by atoms with van der Waals surface area (Å²) >= 11 is 0. The smallest absolute Gasteiger partial charge is 0.313 e. The summed E-state index contributed by atoms with van der Waals surface area (Å²) in [7, 11) is -0.812. The van der Waals surface area contributed by atoms with Crippen LogP contribution in [-0.4, -0.2) is 21.4 Å². The van der Waals surface area contributed by atoms with Crippen molar-refractivity contribution in [2.45, 2.75) is 52.0 Å². The number of carbonyl (C=O) groups is 1. The molecule has 1 radical (unpaired) electrons. The monoisotopic (exact) mass is 443 g/mol. The number of unbranched alkanes of at least 4 members (excludes halogenated alkanes) is 1. The quantitative estimate of drug-likeness (QED) is 0.218. The van der Waals surface area contributed by atoms with Crippen LogP contribution in [0.2, 0.25) is 6.04 Å². The summed E-state index contributed by atoms with van der Waals surface area (Å²) in [5.74, 6) is 0.281. The van der Waals surface area contributed by atoms with Crippen molar-refractivity contribution in [3.05, 3.63) is 96.1 Å². The van der Waals surface area contributed by atoms with Crippen LogP contribution in [0.1, 0.15) is 50.7 Å². The molecule has 167 valence electrons. The highest BCUT2D eigenvalue weighted by Crippen LogP contribution is 2.19. The van der Waals surface area contributed by atoms with E-state index in [0.717, 1.165) is 30.9 Å². The Labute approximate surface area is 195 Å². The van der Waals surface area contributed by atoms with E-state index in [0.29, 0.717) is 12.5 Å². The summed E-state index contributed by atoms with van der Waals surface area (Å²) in [6.45, 7) is 6.87. The van der Waals surface area contributed by atoms with E-state index < -0.39 is 8.80 Å². The Morgan fingerprint density at radius 2 is 1.34 bits per heavy atom. The molecule has 0 heterocycles. The highest BCUT2D eigenvalue weighted by Gasteiger charge is 2.18. The third kappa shape index (κ3) is 7.20. The minimum Gasteiger partial charge on any atom is -0.465 e. The molecule has 0 amide bonds. The topological polar surface area (TPSA) is 26.3 Å². The molecule has 0 fully saturated rings. The van der Waals surface area contributed by atoms with Crippen LogP contribution in [0.15, 0.2) is 84.9 Å². The van der Waals surface area contributed by atoms with E-state index in [1.54, 1.807) is 0 Å². The van der Waals surface area contributed by atoms with Crippen LogP contribution in [0, 0.1) is 5.92 Å². The van der Waals surface area contributed by atoms with Crippen molar-refractivity contribution in [1.82, 2.24) is 0 Å². The first-order chi connectivity index (χ1) is 15.5. The van der Waals surface area contributed by atoms with Gasteiger partial charge in [-0.1, -0.05) is 122 Å². The van der Waals surface area contributed by atoms with Crippen LogP contribution in [0.3, 0.4) is 0 Å². The number of esters is 1. The molecule has 3 aromatic rings. The van der Waals surface area contributed by atoms with Gasteiger partial charge in [0, 0.05) is 0 Å². The molecule has 2 nitrogen and oxygen atoms in total. The molecule has 3 heteroatoms. The van der Waals surface area contributed by atoms with E-state index in [9.17, 15) is 4.79 Å². The van der Waals surface area contributed by atoms with Crippen LogP contribution in [0.4, 0.5) is 0 Å². The number of rotatable bonds is 11. The lowest BCUT2D eigenvalue weighted by Gasteiger charge is -2.16. The van der Waals surface area contributed by atoms with Gasteiger partial charge >= 0.3 is 5.97 Å². The lowest BCUT2D eigenvalue weighted by molar-refractivity contribution is -0.145. The SMILES string of the molecule is CC(C)Cc1ccc([C@@H](C)C(=O)OCCCC[Si](c2ccccc2)c2ccccc2)cc1. The fourth-order valence-corrected chi connectivity index (χ4v) is 6.69. The van der Waals surface area contributed by atoms with Gasteiger partial charge in [-0.25, -0.2) is 0 Å². The predicted molar refractivity (Wildman–Crippen MR) is 136 cm³/mol. The average Bonchev–Trinajstić information content (AvgIpc) is 2.82. The van der Waals surface area contributed by atoms with Gasteiger partial charge in [-0.05, 0) is 36.8 Å². The number of hydrogen-bond acceptors (Lipinski definition) is 2. The largest absolute Gasteiger partial charge is 0.465 e. The Hall–Kier alpha value is -2.65. The molecule has 1 atom stereocenters. The zero-order chi connectivity index (χ0) is 22.8. The maximum Gasteiger partial charge on any atom is 0.313 e. The number of carbonyl (C=O) groups excluding carboxylic acids is 1. The van der Waals surface area contributed by atoms with Gasteiger partial charge in [-0.3, -0.25) is 4.79 Å². The molecule has 0 aromatic heterocycles. The molecule has 0 saturated carbocycles. The van der Waals surface area contributed by atoms with Crippen molar-refractivity contribution in [3.63, 3.8) is 0 Å². The van der Waals surface area contributed by atoms with Gasteiger partial charge < -0.3 is 4.74 Å². The third-order valence-electron chi connectivity index (χ3n) is 5.79. The maximum absolute atomic E-state index is 12.5. The van der Waals surface area contributed by atoms with Gasteiger partial charge in [0.05, 0.1) is 12.5 Å². The highest BCUT2D eigenvalue weighted by atomic mass is 28.3. The fraction of sp³-hybridized carbons (Fsp3) is 0.345. The van der Waals surface area contributed by atoms with Crippen LogP contribution in [-0.2, 0) is 16.0 Å².